The number of rotatable bonds is 5. The fraction of sp³-hybridized carbons (Fsp3) is 0.636. The molecule has 1 aromatic heterocycles. The van der Waals surface area contributed by atoms with E-state index in [1.807, 2.05) is 13.8 Å². The second-order valence-electron chi connectivity index (χ2n) is 5.03. The van der Waals surface area contributed by atoms with Gasteiger partial charge >= 0.3 is 5.00 Å². The van der Waals surface area contributed by atoms with Crippen molar-refractivity contribution >= 4 is 16.3 Å². The smallest absolute Gasteiger partial charge is 0.324 e. The quantitative estimate of drug-likeness (QED) is 0.627. The fourth-order valence-corrected chi connectivity index (χ4v) is 1.84. The van der Waals surface area contributed by atoms with Crippen LogP contribution in [0.3, 0.4) is 0 Å². The highest BCUT2D eigenvalue weighted by molar-refractivity contribution is 7.15. The first-order chi connectivity index (χ1) is 7.63. The molecule has 0 saturated carbocycles. The van der Waals surface area contributed by atoms with Crippen LogP contribution in [0.15, 0.2) is 12.1 Å². The molecule has 0 atom stereocenters. The minimum atomic E-state index is -0.865. The van der Waals surface area contributed by atoms with Crippen LogP contribution >= 0.6 is 11.3 Å². The number of aliphatic hydroxyl groups is 1. The Morgan fingerprint density at radius 3 is 2.41 bits per heavy atom. The molecule has 2 N–H and O–H groups in total. The van der Waals surface area contributed by atoms with E-state index < -0.39 is 16.1 Å². The largest absolute Gasteiger partial charge is 0.389 e. The van der Waals surface area contributed by atoms with Gasteiger partial charge < -0.3 is 10.4 Å². The van der Waals surface area contributed by atoms with Crippen LogP contribution in [0.2, 0.25) is 0 Å². The van der Waals surface area contributed by atoms with E-state index in [1.165, 1.54) is 6.07 Å². The second-order valence-corrected chi connectivity index (χ2v) is 6.18. The number of nitrogens with zero attached hydrogens (tertiary/aromatic N) is 1. The standard InChI is InChI=1S/C11H18N2O3S/c1-10(2,11(3,4)14)12-7-8-5-6-9(17-8)13(15)16/h5-6,12,14H,7H2,1-4H3. The summed E-state index contributed by atoms with van der Waals surface area (Å²) < 4.78 is 0. The summed E-state index contributed by atoms with van der Waals surface area (Å²) in [6, 6.07) is 3.23. The van der Waals surface area contributed by atoms with Gasteiger partial charge in [0.05, 0.1) is 10.5 Å². The highest BCUT2D eigenvalue weighted by atomic mass is 32.1. The maximum Gasteiger partial charge on any atom is 0.324 e. The summed E-state index contributed by atoms with van der Waals surface area (Å²) in [5.41, 5.74) is -1.33. The van der Waals surface area contributed by atoms with Crippen LogP contribution in [0, 0.1) is 10.1 Å². The van der Waals surface area contributed by atoms with Gasteiger partial charge in [-0.25, -0.2) is 0 Å². The first kappa shape index (κ1) is 14.1. The third-order valence-corrected chi connectivity index (χ3v) is 4.10. The first-order valence-corrected chi connectivity index (χ1v) is 6.15. The molecule has 0 amide bonds. The van der Waals surface area contributed by atoms with Crippen LogP contribution < -0.4 is 5.32 Å². The van der Waals surface area contributed by atoms with Crippen LogP contribution in [-0.2, 0) is 6.54 Å². The second kappa shape index (κ2) is 4.72. The Balaban J connectivity index is 2.64. The zero-order valence-corrected chi connectivity index (χ0v) is 11.3. The summed E-state index contributed by atoms with van der Waals surface area (Å²) in [5.74, 6) is 0. The van der Waals surface area contributed by atoms with Crippen molar-refractivity contribution in [3.05, 3.63) is 27.1 Å². The Morgan fingerprint density at radius 2 is 2.00 bits per heavy atom. The average Bonchev–Trinajstić information content (AvgIpc) is 2.61. The van der Waals surface area contributed by atoms with Crippen molar-refractivity contribution in [2.45, 2.75) is 45.4 Å². The van der Waals surface area contributed by atoms with E-state index >= 15 is 0 Å². The van der Waals surface area contributed by atoms with Gasteiger partial charge in [-0.3, -0.25) is 10.1 Å². The summed E-state index contributed by atoms with van der Waals surface area (Å²) in [6.45, 7) is 7.77. The fourth-order valence-electron chi connectivity index (χ4n) is 1.08. The molecular formula is C11H18N2O3S. The molecule has 1 heterocycles. The minimum absolute atomic E-state index is 0.142. The Labute approximate surface area is 105 Å². The van der Waals surface area contributed by atoms with Crippen molar-refractivity contribution in [3.8, 4) is 0 Å². The molecule has 0 unspecified atom stereocenters. The maximum atomic E-state index is 10.5. The van der Waals surface area contributed by atoms with Gasteiger partial charge in [-0.05, 0) is 33.8 Å². The molecule has 1 aromatic rings. The monoisotopic (exact) mass is 258 g/mol. The van der Waals surface area contributed by atoms with Crippen molar-refractivity contribution in [2.24, 2.45) is 0 Å². The molecule has 0 aromatic carbocycles. The van der Waals surface area contributed by atoms with Gasteiger partial charge in [0.2, 0.25) is 0 Å². The Kier molecular flexibility index (Phi) is 3.91. The lowest BCUT2D eigenvalue weighted by atomic mass is 9.86. The van der Waals surface area contributed by atoms with E-state index in [4.69, 9.17) is 0 Å². The van der Waals surface area contributed by atoms with Gasteiger partial charge in [-0.2, -0.15) is 0 Å². The lowest BCUT2D eigenvalue weighted by Crippen LogP contribution is -2.55. The van der Waals surface area contributed by atoms with E-state index in [-0.39, 0.29) is 5.00 Å². The number of thiophene rings is 1. The topological polar surface area (TPSA) is 75.4 Å². The molecular weight excluding hydrogens is 240 g/mol. The SMILES string of the molecule is CC(C)(O)C(C)(C)NCc1ccc([N+](=O)[O-])s1. The van der Waals surface area contributed by atoms with Gasteiger partial charge in [0.1, 0.15) is 0 Å². The summed E-state index contributed by atoms with van der Waals surface area (Å²) >= 11 is 1.15. The molecule has 0 aliphatic rings. The highest BCUT2D eigenvalue weighted by Crippen LogP contribution is 2.26. The zero-order chi connectivity index (χ0) is 13.3. The molecule has 0 saturated heterocycles. The summed E-state index contributed by atoms with van der Waals surface area (Å²) in [7, 11) is 0. The lowest BCUT2D eigenvalue weighted by Gasteiger charge is -2.38. The Bertz CT molecular complexity index is 407. The summed E-state index contributed by atoms with van der Waals surface area (Å²) in [5, 5.41) is 23.8. The average molecular weight is 258 g/mol. The van der Waals surface area contributed by atoms with Crippen molar-refractivity contribution in [1.82, 2.24) is 5.32 Å². The van der Waals surface area contributed by atoms with Crippen molar-refractivity contribution in [1.29, 1.82) is 0 Å². The molecule has 0 aliphatic heterocycles. The number of nitrogens with one attached hydrogen (secondary N) is 1. The first-order valence-electron chi connectivity index (χ1n) is 5.34. The molecule has 0 radical (unpaired) electrons. The summed E-state index contributed by atoms with van der Waals surface area (Å²) in [6.07, 6.45) is 0. The lowest BCUT2D eigenvalue weighted by molar-refractivity contribution is -0.380. The van der Waals surface area contributed by atoms with E-state index in [0.29, 0.717) is 6.54 Å². The van der Waals surface area contributed by atoms with Gasteiger partial charge in [0, 0.05) is 23.0 Å². The van der Waals surface area contributed by atoms with Crippen LogP contribution in [0.1, 0.15) is 32.6 Å². The molecule has 1 rings (SSSR count). The normalized spacial score (nSPS) is 12.8. The maximum absolute atomic E-state index is 10.5. The molecule has 96 valence electrons. The predicted molar refractivity (Wildman–Crippen MR) is 68.2 cm³/mol. The van der Waals surface area contributed by atoms with Gasteiger partial charge in [-0.1, -0.05) is 11.3 Å². The zero-order valence-electron chi connectivity index (χ0n) is 10.5. The number of nitro groups is 1. The van der Waals surface area contributed by atoms with Crippen LogP contribution in [0.25, 0.3) is 0 Å². The van der Waals surface area contributed by atoms with E-state index in [2.05, 4.69) is 5.32 Å². The summed E-state index contributed by atoms with van der Waals surface area (Å²) in [4.78, 5) is 11.0. The molecule has 0 spiro atoms. The van der Waals surface area contributed by atoms with Crippen molar-refractivity contribution in [3.63, 3.8) is 0 Å². The van der Waals surface area contributed by atoms with E-state index in [0.717, 1.165) is 16.2 Å². The molecule has 17 heavy (non-hydrogen) atoms. The van der Waals surface area contributed by atoms with Crippen LogP contribution in [0.4, 0.5) is 5.00 Å². The van der Waals surface area contributed by atoms with E-state index in [1.54, 1.807) is 19.9 Å². The molecule has 0 aliphatic carbocycles. The molecule has 5 nitrogen and oxygen atoms in total. The number of hydrogen-bond donors (Lipinski definition) is 2. The molecule has 0 bridgehead atoms. The van der Waals surface area contributed by atoms with Crippen LogP contribution in [-0.4, -0.2) is 21.2 Å². The highest BCUT2D eigenvalue weighted by Gasteiger charge is 2.34. The third kappa shape index (κ3) is 3.49. The van der Waals surface area contributed by atoms with E-state index in [9.17, 15) is 15.2 Å². The number of hydrogen-bond acceptors (Lipinski definition) is 5. The Morgan fingerprint density at radius 1 is 1.41 bits per heavy atom. The van der Waals surface area contributed by atoms with Crippen LogP contribution in [0.5, 0.6) is 0 Å². The third-order valence-electron chi connectivity index (χ3n) is 3.06. The molecule has 6 heteroatoms. The predicted octanol–water partition coefficient (Wildman–Crippen LogP) is 2.30. The minimum Gasteiger partial charge on any atom is -0.389 e. The molecule has 0 fully saturated rings. The van der Waals surface area contributed by atoms with Gasteiger partial charge in [-0.15, -0.1) is 0 Å². The van der Waals surface area contributed by atoms with Gasteiger partial charge in [0.15, 0.2) is 0 Å². The van der Waals surface area contributed by atoms with Gasteiger partial charge in [0.25, 0.3) is 0 Å². The Hall–Kier alpha value is -0.980. The van der Waals surface area contributed by atoms with Crippen molar-refractivity contribution < 1.29 is 10.0 Å². The van der Waals surface area contributed by atoms with Crippen molar-refractivity contribution in [2.75, 3.05) is 0 Å².